The molecule has 0 aliphatic carbocycles. The summed E-state index contributed by atoms with van der Waals surface area (Å²) in [6.07, 6.45) is 0.151. The molecule has 11 heteroatoms. The number of halogens is 3. The van der Waals surface area contributed by atoms with E-state index >= 15 is 0 Å². The van der Waals surface area contributed by atoms with Crippen LogP contribution in [0.4, 0.5) is 24.5 Å². The van der Waals surface area contributed by atoms with Crippen LogP contribution in [0.15, 0.2) is 23.1 Å². The van der Waals surface area contributed by atoms with Crippen molar-refractivity contribution in [3.05, 3.63) is 18.2 Å². The molecule has 0 radical (unpaired) electrons. The fourth-order valence-electron chi connectivity index (χ4n) is 1.84. The van der Waals surface area contributed by atoms with Crippen LogP contribution < -0.4 is 10.0 Å². The van der Waals surface area contributed by atoms with Crippen molar-refractivity contribution in [3.63, 3.8) is 0 Å². The Morgan fingerprint density at radius 1 is 1.08 bits per heavy atom. The van der Waals surface area contributed by atoms with Crippen molar-refractivity contribution >= 4 is 31.2 Å². The molecule has 0 fully saturated rings. The minimum atomic E-state index is -4.85. The zero-order valence-corrected chi connectivity index (χ0v) is 14.6. The highest BCUT2D eigenvalue weighted by atomic mass is 32.2. The highest BCUT2D eigenvalue weighted by molar-refractivity contribution is 7.92. The quantitative estimate of drug-likeness (QED) is 0.601. The summed E-state index contributed by atoms with van der Waals surface area (Å²) in [5, 5.41) is 2.80. The Morgan fingerprint density at radius 2 is 1.75 bits per heavy atom. The summed E-state index contributed by atoms with van der Waals surface area (Å²) in [5.41, 5.74) is 0.0959. The zero-order chi connectivity index (χ0) is 18.4. The SMILES string of the molecule is CCNc1ccc(S(=O)(=O)C(F)F)cc1NS(=O)(=O)CCCCF. The Kier molecular flexibility index (Phi) is 7.33. The van der Waals surface area contributed by atoms with E-state index in [1.165, 1.54) is 6.07 Å². The number of anilines is 2. The number of unbranched alkanes of at least 4 members (excludes halogenated alkanes) is 1. The summed E-state index contributed by atoms with van der Waals surface area (Å²) < 4.78 is 86.5. The van der Waals surface area contributed by atoms with Crippen molar-refractivity contribution in [1.82, 2.24) is 0 Å². The number of hydrogen-bond acceptors (Lipinski definition) is 5. The Hall–Kier alpha value is -1.49. The first-order valence-corrected chi connectivity index (χ1v) is 10.3. The molecule has 0 bridgehead atoms. The van der Waals surface area contributed by atoms with E-state index in [-0.39, 0.29) is 30.0 Å². The van der Waals surface area contributed by atoms with Crippen LogP contribution in [0.3, 0.4) is 0 Å². The molecule has 24 heavy (non-hydrogen) atoms. The van der Waals surface area contributed by atoms with Gasteiger partial charge in [-0.2, -0.15) is 8.78 Å². The molecule has 1 rings (SSSR count). The maximum Gasteiger partial charge on any atom is 0.341 e. The zero-order valence-electron chi connectivity index (χ0n) is 12.9. The Bertz CT molecular complexity index is 752. The first-order chi connectivity index (χ1) is 11.1. The van der Waals surface area contributed by atoms with Gasteiger partial charge < -0.3 is 5.32 Å². The number of nitrogens with one attached hydrogen (secondary N) is 2. The summed E-state index contributed by atoms with van der Waals surface area (Å²) in [7, 11) is -8.72. The van der Waals surface area contributed by atoms with Gasteiger partial charge >= 0.3 is 5.76 Å². The molecule has 138 valence electrons. The summed E-state index contributed by atoms with van der Waals surface area (Å²) in [4.78, 5) is -0.694. The van der Waals surface area contributed by atoms with E-state index in [1.807, 2.05) is 0 Å². The molecule has 0 unspecified atom stereocenters. The lowest BCUT2D eigenvalue weighted by molar-refractivity contribution is 0.235. The largest absolute Gasteiger partial charge is 0.384 e. The van der Waals surface area contributed by atoms with Crippen LogP contribution in [0.2, 0.25) is 0 Å². The second-order valence-corrected chi connectivity index (χ2v) is 8.62. The van der Waals surface area contributed by atoms with Gasteiger partial charge in [-0.25, -0.2) is 16.8 Å². The van der Waals surface area contributed by atoms with E-state index in [0.29, 0.717) is 6.54 Å². The summed E-state index contributed by atoms with van der Waals surface area (Å²) >= 11 is 0. The number of rotatable bonds is 10. The van der Waals surface area contributed by atoms with Crippen molar-refractivity contribution in [2.75, 3.05) is 29.0 Å². The van der Waals surface area contributed by atoms with Crippen LogP contribution in [0.25, 0.3) is 0 Å². The molecule has 0 saturated heterocycles. The van der Waals surface area contributed by atoms with Gasteiger partial charge in [0.15, 0.2) is 0 Å². The number of alkyl halides is 3. The van der Waals surface area contributed by atoms with Gasteiger partial charge in [-0.15, -0.1) is 0 Å². The Labute approximate surface area is 139 Å². The number of benzene rings is 1. The third-order valence-corrected chi connectivity index (χ3v) is 5.72. The van der Waals surface area contributed by atoms with Crippen LogP contribution >= 0.6 is 0 Å². The average molecular weight is 388 g/mol. The van der Waals surface area contributed by atoms with Crippen LogP contribution in [0.1, 0.15) is 19.8 Å². The summed E-state index contributed by atoms with van der Waals surface area (Å²) in [5.74, 6) is -3.98. The van der Waals surface area contributed by atoms with Crippen molar-refractivity contribution in [3.8, 4) is 0 Å². The van der Waals surface area contributed by atoms with Crippen molar-refractivity contribution in [2.24, 2.45) is 0 Å². The predicted octanol–water partition coefficient (Wildman–Crippen LogP) is 2.61. The lowest BCUT2D eigenvalue weighted by Gasteiger charge is -2.15. The standard InChI is InChI=1S/C13H19F3N2O4S2/c1-2-17-11-6-5-10(24(21,22)13(15)16)9-12(11)18-23(19,20)8-4-3-7-14/h5-6,9,13,17-18H,2-4,7-8H2,1H3. The Morgan fingerprint density at radius 3 is 2.29 bits per heavy atom. The fraction of sp³-hybridized carbons (Fsp3) is 0.538. The van der Waals surface area contributed by atoms with Crippen LogP contribution in [0, 0.1) is 0 Å². The molecule has 0 saturated carbocycles. The molecule has 0 atom stereocenters. The van der Waals surface area contributed by atoms with Gasteiger partial charge in [0.25, 0.3) is 0 Å². The molecule has 0 amide bonds. The van der Waals surface area contributed by atoms with Crippen LogP contribution in [0.5, 0.6) is 0 Å². The van der Waals surface area contributed by atoms with E-state index in [2.05, 4.69) is 10.0 Å². The lowest BCUT2D eigenvalue weighted by atomic mass is 10.2. The normalized spacial score (nSPS) is 12.4. The fourth-order valence-corrected chi connectivity index (χ4v) is 3.77. The second kappa shape index (κ2) is 8.56. The highest BCUT2D eigenvalue weighted by Crippen LogP contribution is 2.29. The summed E-state index contributed by atoms with van der Waals surface area (Å²) in [6.45, 7) is 1.47. The maximum absolute atomic E-state index is 12.6. The third kappa shape index (κ3) is 5.55. The van der Waals surface area contributed by atoms with E-state index in [0.717, 1.165) is 12.1 Å². The molecular formula is C13H19F3N2O4S2. The van der Waals surface area contributed by atoms with E-state index in [4.69, 9.17) is 0 Å². The van der Waals surface area contributed by atoms with E-state index in [1.54, 1.807) is 6.92 Å². The number of sulfonamides is 1. The molecule has 0 spiro atoms. The topological polar surface area (TPSA) is 92.3 Å². The smallest absolute Gasteiger partial charge is 0.341 e. The lowest BCUT2D eigenvalue weighted by Crippen LogP contribution is -2.19. The van der Waals surface area contributed by atoms with Crippen molar-refractivity contribution in [1.29, 1.82) is 0 Å². The molecule has 2 N–H and O–H groups in total. The maximum atomic E-state index is 12.6. The van der Waals surface area contributed by atoms with Crippen molar-refractivity contribution < 1.29 is 30.0 Å². The van der Waals surface area contributed by atoms with E-state index < -0.39 is 37.2 Å². The molecule has 1 aromatic rings. The van der Waals surface area contributed by atoms with E-state index in [9.17, 15) is 30.0 Å². The first kappa shape index (κ1) is 20.6. The first-order valence-electron chi connectivity index (χ1n) is 7.10. The molecule has 6 nitrogen and oxygen atoms in total. The molecule has 0 heterocycles. The monoisotopic (exact) mass is 388 g/mol. The molecule has 0 aromatic heterocycles. The number of hydrogen-bond donors (Lipinski definition) is 2. The van der Waals surface area contributed by atoms with Gasteiger partial charge in [0, 0.05) is 6.54 Å². The van der Waals surface area contributed by atoms with Gasteiger partial charge in [0.1, 0.15) is 0 Å². The Balaban J connectivity index is 3.18. The van der Waals surface area contributed by atoms with Crippen molar-refractivity contribution in [2.45, 2.75) is 30.4 Å². The van der Waals surface area contributed by atoms with Gasteiger partial charge in [-0.3, -0.25) is 9.11 Å². The molecule has 0 aliphatic rings. The van der Waals surface area contributed by atoms with Gasteiger partial charge in [-0.05, 0) is 38.0 Å². The van der Waals surface area contributed by atoms with Crippen LogP contribution in [-0.2, 0) is 19.9 Å². The second-order valence-electron chi connectivity index (χ2n) is 4.86. The summed E-state index contributed by atoms with van der Waals surface area (Å²) in [6, 6.07) is 3.02. The van der Waals surface area contributed by atoms with Crippen LogP contribution in [-0.4, -0.2) is 41.6 Å². The number of sulfone groups is 1. The van der Waals surface area contributed by atoms with Gasteiger partial charge in [-0.1, -0.05) is 0 Å². The van der Waals surface area contributed by atoms with Gasteiger partial charge in [0.05, 0.1) is 28.7 Å². The molecular weight excluding hydrogens is 369 g/mol. The molecule has 0 aliphatic heterocycles. The third-order valence-electron chi connectivity index (χ3n) is 2.98. The minimum absolute atomic E-state index is 0.0702. The highest BCUT2D eigenvalue weighted by Gasteiger charge is 2.27. The minimum Gasteiger partial charge on any atom is -0.384 e. The predicted molar refractivity (Wildman–Crippen MR) is 86.4 cm³/mol. The van der Waals surface area contributed by atoms with Gasteiger partial charge in [0.2, 0.25) is 19.9 Å². The average Bonchev–Trinajstić information content (AvgIpc) is 2.48. The molecule has 1 aromatic carbocycles.